The van der Waals surface area contributed by atoms with Crippen molar-refractivity contribution in [3.63, 3.8) is 0 Å². The van der Waals surface area contributed by atoms with Gasteiger partial charge in [0.2, 0.25) is 0 Å². The first-order valence-electron chi connectivity index (χ1n) is 8.13. The molecule has 3 rings (SSSR count). The SMILES string of the molecule is CN1CCN(Cc2ccc(C=NNc3ccccc3)cc2)CC1. The molecule has 2 aromatic rings. The normalized spacial score (nSPS) is 16.7. The zero-order valence-corrected chi connectivity index (χ0v) is 13.7. The van der Waals surface area contributed by atoms with Gasteiger partial charge in [-0.25, -0.2) is 0 Å². The molecule has 0 spiro atoms. The molecular weight excluding hydrogens is 284 g/mol. The number of nitrogens with one attached hydrogen (secondary N) is 1. The Kier molecular flexibility index (Phi) is 5.40. The Bertz CT molecular complexity index is 614. The summed E-state index contributed by atoms with van der Waals surface area (Å²) < 4.78 is 0. The van der Waals surface area contributed by atoms with Crippen LogP contribution in [-0.4, -0.2) is 49.2 Å². The van der Waals surface area contributed by atoms with Crippen molar-refractivity contribution in [3.05, 3.63) is 65.7 Å². The number of para-hydroxylation sites is 1. The average molecular weight is 308 g/mol. The molecule has 0 amide bonds. The first-order chi connectivity index (χ1) is 11.3. The summed E-state index contributed by atoms with van der Waals surface area (Å²) in [7, 11) is 2.19. The minimum Gasteiger partial charge on any atom is -0.304 e. The molecular formula is C19H24N4. The van der Waals surface area contributed by atoms with Crippen molar-refractivity contribution in [1.82, 2.24) is 9.80 Å². The van der Waals surface area contributed by atoms with E-state index in [0.717, 1.165) is 44.0 Å². The van der Waals surface area contributed by atoms with Crippen molar-refractivity contribution in [2.75, 3.05) is 38.7 Å². The summed E-state index contributed by atoms with van der Waals surface area (Å²) in [6, 6.07) is 18.6. The van der Waals surface area contributed by atoms with Gasteiger partial charge in [0.25, 0.3) is 0 Å². The van der Waals surface area contributed by atoms with Crippen LogP contribution in [0.3, 0.4) is 0 Å². The zero-order valence-electron chi connectivity index (χ0n) is 13.7. The summed E-state index contributed by atoms with van der Waals surface area (Å²) in [5.74, 6) is 0. The van der Waals surface area contributed by atoms with Crippen molar-refractivity contribution in [2.45, 2.75) is 6.54 Å². The second kappa shape index (κ2) is 7.90. The fourth-order valence-electron chi connectivity index (χ4n) is 2.67. The van der Waals surface area contributed by atoms with Crippen LogP contribution in [-0.2, 0) is 6.54 Å². The predicted octanol–water partition coefficient (Wildman–Crippen LogP) is 2.88. The monoisotopic (exact) mass is 308 g/mol. The zero-order chi connectivity index (χ0) is 15.9. The fraction of sp³-hybridized carbons (Fsp3) is 0.316. The summed E-state index contributed by atoms with van der Waals surface area (Å²) in [6.07, 6.45) is 1.85. The molecule has 23 heavy (non-hydrogen) atoms. The number of benzene rings is 2. The molecule has 4 nitrogen and oxygen atoms in total. The standard InChI is InChI=1S/C19H24N4/c1-22-11-13-23(14-12-22)16-18-9-7-17(8-10-18)15-20-21-19-5-3-2-4-6-19/h2-10,15,21H,11-14,16H2,1H3. The van der Waals surface area contributed by atoms with Gasteiger partial charge in [0.05, 0.1) is 11.9 Å². The molecule has 2 aromatic carbocycles. The van der Waals surface area contributed by atoms with Crippen molar-refractivity contribution in [1.29, 1.82) is 0 Å². The highest BCUT2D eigenvalue weighted by atomic mass is 15.3. The second-order valence-electron chi connectivity index (χ2n) is 6.06. The van der Waals surface area contributed by atoms with Gasteiger partial charge in [-0.15, -0.1) is 0 Å². The van der Waals surface area contributed by atoms with Gasteiger partial charge < -0.3 is 4.90 Å². The highest BCUT2D eigenvalue weighted by molar-refractivity contribution is 5.80. The smallest absolute Gasteiger partial charge is 0.0561 e. The molecule has 4 heteroatoms. The lowest BCUT2D eigenvalue weighted by Gasteiger charge is -2.32. The van der Waals surface area contributed by atoms with Crippen molar-refractivity contribution < 1.29 is 0 Å². The Morgan fingerprint density at radius 3 is 2.35 bits per heavy atom. The van der Waals surface area contributed by atoms with E-state index in [2.05, 4.69) is 51.6 Å². The quantitative estimate of drug-likeness (QED) is 0.680. The fourth-order valence-corrected chi connectivity index (χ4v) is 2.67. The van der Waals surface area contributed by atoms with Gasteiger partial charge >= 0.3 is 0 Å². The van der Waals surface area contributed by atoms with E-state index < -0.39 is 0 Å². The minimum atomic E-state index is 0.996. The number of hydrogen-bond acceptors (Lipinski definition) is 4. The van der Waals surface area contributed by atoms with Gasteiger partial charge in [-0.05, 0) is 30.3 Å². The Hall–Kier alpha value is -2.17. The van der Waals surface area contributed by atoms with E-state index in [4.69, 9.17) is 0 Å². The van der Waals surface area contributed by atoms with E-state index in [1.165, 1.54) is 5.56 Å². The highest BCUT2D eigenvalue weighted by Gasteiger charge is 2.13. The van der Waals surface area contributed by atoms with Gasteiger partial charge in [-0.3, -0.25) is 10.3 Å². The van der Waals surface area contributed by atoms with Crippen LogP contribution in [0.15, 0.2) is 59.7 Å². The van der Waals surface area contributed by atoms with E-state index in [9.17, 15) is 0 Å². The lowest BCUT2D eigenvalue weighted by atomic mass is 10.1. The second-order valence-corrected chi connectivity index (χ2v) is 6.06. The minimum absolute atomic E-state index is 0.996. The molecule has 1 aliphatic heterocycles. The van der Waals surface area contributed by atoms with Crippen LogP contribution < -0.4 is 5.43 Å². The van der Waals surface area contributed by atoms with Gasteiger partial charge in [0, 0.05) is 32.7 Å². The first kappa shape index (κ1) is 15.7. The topological polar surface area (TPSA) is 30.9 Å². The maximum atomic E-state index is 4.27. The summed E-state index contributed by atoms with van der Waals surface area (Å²) in [5.41, 5.74) is 6.50. The number of likely N-dealkylation sites (N-methyl/N-ethyl adjacent to an activating group) is 1. The molecule has 1 N–H and O–H groups in total. The largest absolute Gasteiger partial charge is 0.304 e. The van der Waals surface area contributed by atoms with Gasteiger partial charge in [-0.2, -0.15) is 5.10 Å². The molecule has 0 aliphatic carbocycles. The van der Waals surface area contributed by atoms with Crippen molar-refractivity contribution >= 4 is 11.9 Å². The Morgan fingerprint density at radius 2 is 1.65 bits per heavy atom. The van der Waals surface area contributed by atoms with Crippen molar-refractivity contribution in [3.8, 4) is 0 Å². The lowest BCUT2D eigenvalue weighted by molar-refractivity contribution is 0.148. The van der Waals surface area contributed by atoms with Crippen LogP contribution in [0.25, 0.3) is 0 Å². The number of hydrazone groups is 1. The Balaban J connectivity index is 1.50. The molecule has 1 fully saturated rings. The van der Waals surface area contributed by atoms with Gasteiger partial charge in [-0.1, -0.05) is 42.5 Å². The number of piperazine rings is 1. The molecule has 0 atom stereocenters. The summed E-state index contributed by atoms with van der Waals surface area (Å²) in [4.78, 5) is 4.90. The highest BCUT2D eigenvalue weighted by Crippen LogP contribution is 2.09. The number of hydrogen-bond donors (Lipinski definition) is 1. The summed E-state index contributed by atoms with van der Waals surface area (Å²) in [6.45, 7) is 5.67. The Labute approximate surface area is 138 Å². The summed E-state index contributed by atoms with van der Waals surface area (Å²) >= 11 is 0. The molecule has 1 saturated heterocycles. The molecule has 0 saturated carbocycles. The van der Waals surface area contributed by atoms with E-state index in [1.807, 2.05) is 36.5 Å². The third-order valence-corrected chi connectivity index (χ3v) is 4.16. The summed E-state index contributed by atoms with van der Waals surface area (Å²) in [5, 5.41) is 4.27. The molecule has 1 heterocycles. The maximum Gasteiger partial charge on any atom is 0.0561 e. The van der Waals surface area contributed by atoms with Crippen LogP contribution in [0.2, 0.25) is 0 Å². The van der Waals surface area contributed by atoms with E-state index >= 15 is 0 Å². The van der Waals surface area contributed by atoms with E-state index in [0.29, 0.717) is 0 Å². The lowest BCUT2D eigenvalue weighted by Crippen LogP contribution is -2.43. The first-order valence-corrected chi connectivity index (χ1v) is 8.13. The van der Waals surface area contributed by atoms with Crippen LogP contribution in [0, 0.1) is 0 Å². The molecule has 0 bridgehead atoms. The molecule has 0 radical (unpaired) electrons. The van der Waals surface area contributed by atoms with Gasteiger partial charge in [0.15, 0.2) is 0 Å². The van der Waals surface area contributed by atoms with Crippen LogP contribution in [0.5, 0.6) is 0 Å². The predicted molar refractivity (Wildman–Crippen MR) is 96.9 cm³/mol. The maximum absolute atomic E-state index is 4.27. The van der Waals surface area contributed by atoms with Crippen molar-refractivity contribution in [2.24, 2.45) is 5.10 Å². The number of anilines is 1. The molecule has 120 valence electrons. The average Bonchev–Trinajstić information content (AvgIpc) is 2.59. The van der Waals surface area contributed by atoms with E-state index in [1.54, 1.807) is 0 Å². The van der Waals surface area contributed by atoms with Crippen LogP contribution in [0.4, 0.5) is 5.69 Å². The molecule has 0 aromatic heterocycles. The van der Waals surface area contributed by atoms with Crippen LogP contribution >= 0.6 is 0 Å². The third-order valence-electron chi connectivity index (χ3n) is 4.16. The number of nitrogens with zero attached hydrogens (tertiary/aromatic N) is 3. The van der Waals surface area contributed by atoms with E-state index in [-0.39, 0.29) is 0 Å². The number of rotatable bonds is 5. The van der Waals surface area contributed by atoms with Gasteiger partial charge in [0.1, 0.15) is 0 Å². The molecule has 0 unspecified atom stereocenters. The van der Waals surface area contributed by atoms with Crippen LogP contribution in [0.1, 0.15) is 11.1 Å². The third kappa shape index (κ3) is 4.91. The Morgan fingerprint density at radius 1 is 0.957 bits per heavy atom. The molecule has 1 aliphatic rings.